The summed E-state index contributed by atoms with van der Waals surface area (Å²) < 4.78 is 25.0. The molecule has 1 saturated heterocycles. The van der Waals surface area contributed by atoms with E-state index in [9.17, 15) is 8.42 Å². The summed E-state index contributed by atoms with van der Waals surface area (Å²) in [5, 5.41) is 8.95. The summed E-state index contributed by atoms with van der Waals surface area (Å²) in [5.41, 5.74) is 0. The Morgan fingerprint density at radius 2 is 2.00 bits per heavy atom. The van der Waals surface area contributed by atoms with Crippen molar-refractivity contribution in [1.29, 1.82) is 0 Å². The summed E-state index contributed by atoms with van der Waals surface area (Å²) in [6.45, 7) is 1.88. The Morgan fingerprint density at radius 1 is 1.44 bits per heavy atom. The normalized spacial score (nSPS) is 20.5. The van der Waals surface area contributed by atoms with E-state index in [-0.39, 0.29) is 23.9 Å². The molecule has 16 heavy (non-hydrogen) atoms. The van der Waals surface area contributed by atoms with Crippen molar-refractivity contribution in [3.05, 3.63) is 0 Å². The van der Waals surface area contributed by atoms with Crippen molar-refractivity contribution in [2.75, 3.05) is 38.0 Å². The van der Waals surface area contributed by atoms with E-state index in [0.717, 1.165) is 25.9 Å². The number of piperidine rings is 1. The number of sulfonamides is 1. The molecule has 1 heterocycles. The third-order valence-corrected chi connectivity index (χ3v) is 6.12. The van der Waals surface area contributed by atoms with Gasteiger partial charge in [-0.25, -0.2) is 8.42 Å². The maximum Gasteiger partial charge on any atom is 0.224 e. The summed E-state index contributed by atoms with van der Waals surface area (Å²) in [6, 6.07) is 0.0332. The quantitative estimate of drug-likeness (QED) is 0.729. The van der Waals surface area contributed by atoms with Crippen LogP contribution in [0.1, 0.15) is 12.8 Å². The Kier molecular flexibility index (Phi) is 5.66. The van der Waals surface area contributed by atoms with Crippen molar-refractivity contribution in [2.24, 2.45) is 0 Å². The molecule has 0 unspecified atom stereocenters. The summed E-state index contributed by atoms with van der Waals surface area (Å²) in [5.74, 6) is 0. The minimum Gasteiger partial charge on any atom is -0.395 e. The van der Waals surface area contributed by atoms with Crippen LogP contribution in [0.15, 0.2) is 0 Å². The third-order valence-electron chi connectivity index (χ3n) is 2.91. The molecule has 0 aromatic rings. The van der Waals surface area contributed by atoms with Crippen LogP contribution in [0.2, 0.25) is 0 Å². The fraction of sp³-hybridized carbons (Fsp3) is 1.00. The number of likely N-dealkylation sites (tertiary alicyclic amines) is 1. The molecule has 0 aromatic heterocycles. The molecule has 0 amide bonds. The average Bonchev–Trinajstić information content (AvgIpc) is 2.27. The molecule has 1 rings (SSSR count). The fourth-order valence-electron chi connectivity index (χ4n) is 1.99. The van der Waals surface area contributed by atoms with E-state index in [4.69, 9.17) is 5.11 Å². The molecule has 0 radical (unpaired) electrons. The van der Waals surface area contributed by atoms with Gasteiger partial charge in [0.25, 0.3) is 0 Å². The Labute approximate surface area is 106 Å². The molecular weight excluding hydrogens is 296 g/mol. The van der Waals surface area contributed by atoms with E-state index in [2.05, 4.69) is 20.8 Å². The van der Waals surface area contributed by atoms with Gasteiger partial charge < -0.3 is 10.0 Å². The monoisotopic (exact) mass is 314 g/mol. The molecule has 1 N–H and O–H groups in total. The standard InChI is InChI=1S/C9H19BrN2O3S/c1-11-4-2-9(3-5-11)12(6-7-13)16(14,15)8-10/h9,13H,2-8H2,1H3. The Hall–Kier alpha value is 0.310. The van der Waals surface area contributed by atoms with Crippen LogP contribution in [0.3, 0.4) is 0 Å². The molecule has 0 atom stereocenters. The molecule has 0 aliphatic carbocycles. The second-order valence-corrected chi connectivity index (χ2v) is 7.31. The lowest BCUT2D eigenvalue weighted by Gasteiger charge is -2.35. The SMILES string of the molecule is CN1CCC(N(CCO)S(=O)(=O)CBr)CC1. The van der Waals surface area contributed by atoms with E-state index < -0.39 is 10.0 Å². The van der Waals surface area contributed by atoms with E-state index in [0.29, 0.717) is 0 Å². The first-order chi connectivity index (χ1) is 7.51. The van der Waals surface area contributed by atoms with Gasteiger partial charge in [-0.3, -0.25) is 0 Å². The van der Waals surface area contributed by atoms with Crippen LogP contribution in [0.5, 0.6) is 0 Å². The zero-order chi connectivity index (χ0) is 12.2. The van der Waals surface area contributed by atoms with Gasteiger partial charge in [0.15, 0.2) is 0 Å². The first-order valence-electron chi connectivity index (χ1n) is 5.36. The van der Waals surface area contributed by atoms with Crippen LogP contribution in [0, 0.1) is 0 Å². The molecule has 7 heteroatoms. The predicted molar refractivity (Wildman–Crippen MR) is 67.0 cm³/mol. The number of nitrogens with zero attached hydrogens (tertiary/aromatic N) is 2. The second-order valence-electron chi connectivity index (χ2n) is 4.09. The molecule has 0 spiro atoms. The average molecular weight is 315 g/mol. The fourth-order valence-corrected chi connectivity index (χ4v) is 3.93. The molecule has 0 saturated carbocycles. The molecular formula is C9H19BrN2O3S. The number of hydrogen-bond donors (Lipinski definition) is 1. The van der Waals surface area contributed by atoms with E-state index in [1.165, 1.54) is 4.31 Å². The second kappa shape index (κ2) is 6.30. The van der Waals surface area contributed by atoms with E-state index in [1.54, 1.807) is 0 Å². The number of rotatable bonds is 5. The van der Waals surface area contributed by atoms with Crippen LogP contribution >= 0.6 is 15.9 Å². The predicted octanol–water partition coefficient (Wildman–Crippen LogP) is 0.0571. The number of hydrogen-bond acceptors (Lipinski definition) is 4. The van der Waals surface area contributed by atoms with E-state index >= 15 is 0 Å². The van der Waals surface area contributed by atoms with Crippen LogP contribution in [0.25, 0.3) is 0 Å². The number of aliphatic hydroxyl groups is 1. The first-order valence-corrected chi connectivity index (χ1v) is 8.09. The van der Waals surface area contributed by atoms with Gasteiger partial charge in [-0.1, -0.05) is 15.9 Å². The van der Waals surface area contributed by atoms with Crippen molar-refractivity contribution in [1.82, 2.24) is 9.21 Å². The van der Waals surface area contributed by atoms with Crippen molar-refractivity contribution in [3.63, 3.8) is 0 Å². The van der Waals surface area contributed by atoms with Crippen LogP contribution in [-0.2, 0) is 10.0 Å². The number of halogens is 1. The molecule has 1 aliphatic heterocycles. The van der Waals surface area contributed by atoms with Crippen LogP contribution in [0.4, 0.5) is 0 Å². The largest absolute Gasteiger partial charge is 0.395 e. The van der Waals surface area contributed by atoms with Gasteiger partial charge in [-0.15, -0.1) is 0 Å². The first kappa shape index (κ1) is 14.4. The van der Waals surface area contributed by atoms with Crippen molar-refractivity contribution < 1.29 is 13.5 Å². The van der Waals surface area contributed by atoms with Crippen LogP contribution in [-0.4, -0.2) is 66.7 Å². The highest BCUT2D eigenvalue weighted by molar-refractivity contribution is 9.10. The number of alkyl halides is 1. The van der Waals surface area contributed by atoms with Crippen molar-refractivity contribution in [2.45, 2.75) is 18.9 Å². The van der Waals surface area contributed by atoms with Crippen molar-refractivity contribution >= 4 is 26.0 Å². The molecule has 1 fully saturated rings. The summed E-state index contributed by atoms with van der Waals surface area (Å²) in [4.78, 5) is 2.19. The Morgan fingerprint density at radius 3 is 2.44 bits per heavy atom. The summed E-state index contributed by atoms with van der Waals surface area (Å²) in [6.07, 6.45) is 1.67. The van der Waals surface area contributed by atoms with Gasteiger partial charge in [0.1, 0.15) is 4.66 Å². The summed E-state index contributed by atoms with van der Waals surface area (Å²) >= 11 is 3.00. The highest BCUT2D eigenvalue weighted by atomic mass is 79.9. The lowest BCUT2D eigenvalue weighted by atomic mass is 10.1. The van der Waals surface area contributed by atoms with Crippen molar-refractivity contribution in [3.8, 4) is 0 Å². The van der Waals surface area contributed by atoms with Gasteiger partial charge in [0.2, 0.25) is 10.0 Å². The zero-order valence-corrected chi connectivity index (χ0v) is 11.9. The molecule has 0 aromatic carbocycles. The molecule has 1 aliphatic rings. The molecule has 5 nitrogen and oxygen atoms in total. The van der Waals surface area contributed by atoms with Crippen LogP contribution < -0.4 is 0 Å². The maximum absolute atomic E-state index is 11.8. The van der Waals surface area contributed by atoms with Gasteiger partial charge in [0.05, 0.1) is 6.61 Å². The highest BCUT2D eigenvalue weighted by Crippen LogP contribution is 2.19. The lowest BCUT2D eigenvalue weighted by molar-refractivity contribution is 0.162. The minimum atomic E-state index is -3.27. The smallest absolute Gasteiger partial charge is 0.224 e. The molecule has 96 valence electrons. The Balaban J connectivity index is 2.70. The van der Waals surface area contributed by atoms with Gasteiger partial charge >= 0.3 is 0 Å². The third kappa shape index (κ3) is 3.66. The summed E-state index contributed by atoms with van der Waals surface area (Å²) in [7, 11) is -1.23. The highest BCUT2D eigenvalue weighted by Gasteiger charge is 2.30. The maximum atomic E-state index is 11.8. The topological polar surface area (TPSA) is 60.9 Å². The van der Waals surface area contributed by atoms with Gasteiger partial charge in [-0.2, -0.15) is 4.31 Å². The Bertz CT molecular complexity index is 302. The molecule has 0 bridgehead atoms. The van der Waals surface area contributed by atoms with Gasteiger partial charge in [0, 0.05) is 12.6 Å². The lowest BCUT2D eigenvalue weighted by Crippen LogP contribution is -2.47. The minimum absolute atomic E-state index is 0.0332. The van der Waals surface area contributed by atoms with E-state index in [1.807, 2.05) is 7.05 Å². The number of aliphatic hydroxyl groups excluding tert-OH is 1. The zero-order valence-electron chi connectivity index (χ0n) is 9.47. The van der Waals surface area contributed by atoms with Gasteiger partial charge in [-0.05, 0) is 33.0 Å².